The van der Waals surface area contributed by atoms with Crippen LogP contribution in [0.1, 0.15) is 0 Å². The van der Waals surface area contributed by atoms with E-state index in [9.17, 15) is 0 Å². The van der Waals surface area contributed by atoms with Crippen molar-refractivity contribution in [1.82, 2.24) is 18.9 Å². The van der Waals surface area contributed by atoms with Crippen molar-refractivity contribution in [2.24, 2.45) is 0 Å². The molecule has 0 amide bonds. The predicted molar refractivity (Wildman–Crippen MR) is 216 cm³/mol. The minimum absolute atomic E-state index is 0.628. The molecule has 0 bridgehead atoms. The molecular formula is C46H24N4OS. The number of para-hydroxylation sites is 2. The number of hydrogen-bond donors (Lipinski definition) is 0. The second kappa shape index (κ2) is 9.51. The molecule has 0 spiro atoms. The molecule has 0 unspecified atom stereocenters. The van der Waals surface area contributed by atoms with Crippen molar-refractivity contribution < 1.29 is 4.42 Å². The lowest BCUT2D eigenvalue weighted by atomic mass is 10.0. The first-order chi connectivity index (χ1) is 25.8. The summed E-state index contributed by atoms with van der Waals surface area (Å²) in [5.41, 5.74) is 12.3. The van der Waals surface area contributed by atoms with Gasteiger partial charge in [0.15, 0.2) is 5.58 Å². The maximum Gasteiger partial charge on any atom is 0.236 e. The number of aromatic nitrogens is 4. The fourth-order valence-corrected chi connectivity index (χ4v) is 10.0. The first-order valence-electron chi connectivity index (χ1n) is 17.5. The molecule has 0 N–H and O–H groups in total. The SMILES string of the molecule is c1ccc(-c2ccc(-c3nc(-n4c5ccc6sc7cccc8c7c6c5c5c4ccc4c6ccccc6n8c45)nc4c3oc3ccccc34)cc2)cc1. The van der Waals surface area contributed by atoms with Gasteiger partial charge in [-0.15, -0.1) is 11.3 Å². The zero-order valence-electron chi connectivity index (χ0n) is 27.5. The van der Waals surface area contributed by atoms with Crippen LogP contribution in [0.3, 0.4) is 0 Å². The number of rotatable bonds is 3. The first-order valence-corrected chi connectivity index (χ1v) is 18.3. The Kier molecular flexibility index (Phi) is 4.94. The second-order valence-electron chi connectivity index (χ2n) is 13.7. The van der Waals surface area contributed by atoms with Crippen molar-refractivity contribution in [3.8, 4) is 28.3 Å². The lowest BCUT2D eigenvalue weighted by Crippen LogP contribution is -2.03. The summed E-state index contributed by atoms with van der Waals surface area (Å²) in [7, 11) is 0. The van der Waals surface area contributed by atoms with Gasteiger partial charge in [0.05, 0.1) is 27.6 Å². The topological polar surface area (TPSA) is 48.3 Å². The summed E-state index contributed by atoms with van der Waals surface area (Å²) < 4.78 is 13.9. The van der Waals surface area contributed by atoms with Gasteiger partial charge in [0, 0.05) is 52.7 Å². The number of benzene rings is 7. The zero-order valence-corrected chi connectivity index (χ0v) is 28.3. The van der Waals surface area contributed by atoms with E-state index in [-0.39, 0.29) is 0 Å². The number of thiophene rings is 1. The molecule has 240 valence electrons. The van der Waals surface area contributed by atoms with Crippen LogP contribution < -0.4 is 0 Å². The van der Waals surface area contributed by atoms with Crippen LogP contribution in [-0.2, 0) is 0 Å². The van der Waals surface area contributed by atoms with Gasteiger partial charge in [-0.3, -0.25) is 4.57 Å². The van der Waals surface area contributed by atoms with Crippen LogP contribution in [0.5, 0.6) is 0 Å². The van der Waals surface area contributed by atoms with E-state index in [4.69, 9.17) is 14.4 Å². The molecule has 7 aromatic carbocycles. The van der Waals surface area contributed by atoms with Crippen molar-refractivity contribution >= 4 is 103 Å². The fraction of sp³-hybridized carbons (Fsp3) is 0. The summed E-state index contributed by atoms with van der Waals surface area (Å²) in [6.45, 7) is 0. The van der Waals surface area contributed by atoms with Gasteiger partial charge in [0.1, 0.15) is 16.8 Å². The Balaban J connectivity index is 1.19. The van der Waals surface area contributed by atoms with E-state index >= 15 is 0 Å². The van der Waals surface area contributed by atoms with Crippen molar-refractivity contribution in [2.75, 3.05) is 0 Å². The van der Waals surface area contributed by atoms with Crippen LogP contribution in [0.4, 0.5) is 0 Å². The van der Waals surface area contributed by atoms with E-state index in [1.165, 1.54) is 63.8 Å². The van der Waals surface area contributed by atoms with Gasteiger partial charge in [0.2, 0.25) is 5.95 Å². The molecule has 13 aromatic rings. The third-order valence-corrected chi connectivity index (χ3v) is 12.2. The van der Waals surface area contributed by atoms with Gasteiger partial charge in [-0.1, -0.05) is 97.1 Å². The number of fused-ring (bicyclic) bond motifs is 7. The minimum Gasteiger partial charge on any atom is -0.452 e. The summed E-state index contributed by atoms with van der Waals surface area (Å²) in [6.07, 6.45) is 0. The van der Waals surface area contributed by atoms with Crippen molar-refractivity contribution in [3.63, 3.8) is 0 Å². The Hall–Kier alpha value is -6.76. The largest absolute Gasteiger partial charge is 0.452 e. The smallest absolute Gasteiger partial charge is 0.236 e. The molecule has 0 fully saturated rings. The molecule has 6 aromatic heterocycles. The van der Waals surface area contributed by atoms with Crippen LogP contribution in [0.25, 0.3) is 120 Å². The van der Waals surface area contributed by atoms with Crippen LogP contribution in [0, 0.1) is 0 Å². The predicted octanol–water partition coefficient (Wildman–Crippen LogP) is 12.6. The molecule has 6 heterocycles. The summed E-state index contributed by atoms with van der Waals surface area (Å²) >= 11 is 1.87. The standard InChI is InChI=1S/C46H24N4OS/c1-2-9-25(10-3-1)26-17-19-27(20-18-26)42-45-43(30-12-5-7-15-35(30)51-45)48-46(47-42)50-33-23-24-37-41-38-32(14-8-16-36(38)52-37)49-31-13-6-4-11-28(31)29-21-22-34(50)40(39(33)41)44(29)49/h1-24H. The molecule has 0 aliphatic rings. The summed E-state index contributed by atoms with van der Waals surface area (Å²) in [6, 6.07) is 51.9. The van der Waals surface area contributed by atoms with Crippen LogP contribution in [0.15, 0.2) is 150 Å². The Morgan fingerprint density at radius 3 is 2.08 bits per heavy atom. The Morgan fingerprint density at radius 1 is 0.462 bits per heavy atom. The summed E-state index contributed by atoms with van der Waals surface area (Å²) in [4.78, 5) is 10.8. The first kappa shape index (κ1) is 27.0. The molecule has 0 aliphatic heterocycles. The molecule has 0 saturated carbocycles. The zero-order chi connectivity index (χ0) is 33.7. The monoisotopic (exact) mass is 680 g/mol. The Bertz CT molecular complexity index is 3570. The van der Waals surface area contributed by atoms with Crippen molar-refractivity contribution in [3.05, 3.63) is 146 Å². The normalized spacial score (nSPS) is 12.6. The average molecular weight is 681 g/mol. The van der Waals surface area contributed by atoms with Crippen molar-refractivity contribution in [1.29, 1.82) is 0 Å². The highest BCUT2D eigenvalue weighted by Crippen LogP contribution is 2.50. The molecule has 0 aliphatic carbocycles. The van der Waals surface area contributed by atoms with E-state index in [1.807, 2.05) is 35.6 Å². The maximum atomic E-state index is 6.56. The number of hydrogen-bond acceptors (Lipinski definition) is 4. The fourth-order valence-electron chi connectivity index (χ4n) is 8.91. The highest BCUT2D eigenvalue weighted by atomic mass is 32.1. The van der Waals surface area contributed by atoms with Crippen LogP contribution in [-0.4, -0.2) is 18.9 Å². The molecule has 0 saturated heterocycles. The average Bonchev–Trinajstić information content (AvgIpc) is 3.93. The van der Waals surface area contributed by atoms with E-state index in [1.54, 1.807) is 0 Å². The summed E-state index contributed by atoms with van der Waals surface area (Å²) in [5, 5.41) is 8.59. The molecule has 5 nitrogen and oxygen atoms in total. The Labute approximate surface area is 298 Å². The van der Waals surface area contributed by atoms with Crippen molar-refractivity contribution in [2.45, 2.75) is 0 Å². The van der Waals surface area contributed by atoms with Gasteiger partial charge in [-0.25, -0.2) is 9.97 Å². The van der Waals surface area contributed by atoms with Crippen LogP contribution >= 0.6 is 11.3 Å². The van der Waals surface area contributed by atoms with Gasteiger partial charge in [0.25, 0.3) is 0 Å². The molecule has 52 heavy (non-hydrogen) atoms. The van der Waals surface area contributed by atoms with E-state index < -0.39 is 0 Å². The molecule has 0 radical (unpaired) electrons. The lowest BCUT2D eigenvalue weighted by Gasteiger charge is -2.10. The molecule has 0 atom stereocenters. The molecular weight excluding hydrogens is 657 g/mol. The minimum atomic E-state index is 0.628. The lowest BCUT2D eigenvalue weighted by molar-refractivity contribution is 0.666. The second-order valence-corrected chi connectivity index (χ2v) is 14.8. The molecule has 13 rings (SSSR count). The quantitative estimate of drug-likeness (QED) is 0.187. The highest BCUT2D eigenvalue weighted by molar-refractivity contribution is 7.26. The van der Waals surface area contributed by atoms with E-state index in [0.717, 1.165) is 44.3 Å². The third-order valence-electron chi connectivity index (χ3n) is 11.1. The Morgan fingerprint density at radius 2 is 1.17 bits per heavy atom. The van der Waals surface area contributed by atoms with Crippen LogP contribution in [0.2, 0.25) is 0 Å². The highest BCUT2D eigenvalue weighted by Gasteiger charge is 2.27. The number of nitrogens with zero attached hydrogens (tertiary/aromatic N) is 4. The van der Waals surface area contributed by atoms with Gasteiger partial charge in [-0.2, -0.15) is 0 Å². The van der Waals surface area contributed by atoms with Gasteiger partial charge < -0.3 is 8.82 Å². The third kappa shape index (κ3) is 3.29. The maximum absolute atomic E-state index is 6.56. The van der Waals surface area contributed by atoms with Gasteiger partial charge in [-0.05, 0) is 59.7 Å². The number of furan rings is 1. The van der Waals surface area contributed by atoms with E-state index in [2.05, 4.69) is 130 Å². The van der Waals surface area contributed by atoms with E-state index in [0.29, 0.717) is 11.5 Å². The molecule has 6 heteroatoms. The van der Waals surface area contributed by atoms with Gasteiger partial charge >= 0.3 is 0 Å². The summed E-state index contributed by atoms with van der Waals surface area (Å²) in [5.74, 6) is 0.628.